The molecule has 0 spiro atoms. The summed E-state index contributed by atoms with van der Waals surface area (Å²) in [6.45, 7) is 2.33. The molecular formula is C6H8BrNO2. The van der Waals surface area contributed by atoms with Crippen molar-refractivity contribution in [3.8, 4) is 0 Å². The minimum Gasteiger partial charge on any atom is -0.378 e. The van der Waals surface area contributed by atoms with E-state index in [9.17, 15) is 0 Å². The van der Waals surface area contributed by atoms with Crippen LogP contribution in [0.5, 0.6) is 0 Å². The third kappa shape index (κ3) is 1.38. The zero-order chi connectivity index (χ0) is 7.56. The summed E-state index contributed by atoms with van der Waals surface area (Å²) in [4.78, 5) is 0. The highest BCUT2D eigenvalue weighted by Gasteiger charge is 2.07. The van der Waals surface area contributed by atoms with Crippen molar-refractivity contribution in [3.63, 3.8) is 0 Å². The first kappa shape index (κ1) is 7.75. The van der Waals surface area contributed by atoms with Crippen LogP contribution in [0.3, 0.4) is 0 Å². The summed E-state index contributed by atoms with van der Waals surface area (Å²) in [5.74, 6) is 0.784. The van der Waals surface area contributed by atoms with Gasteiger partial charge in [-0.1, -0.05) is 5.16 Å². The standard InChI is InChI=1S/C6H8BrNO2/c1-4-6(7)5(3-9-2)8-10-4/h3H2,1-2H3. The molecule has 56 valence electrons. The molecule has 0 unspecified atom stereocenters. The smallest absolute Gasteiger partial charge is 0.148 e. The number of ether oxygens (including phenoxy) is 1. The van der Waals surface area contributed by atoms with Crippen molar-refractivity contribution in [2.45, 2.75) is 13.5 Å². The second-order valence-electron chi connectivity index (χ2n) is 1.93. The molecule has 1 rings (SSSR count). The molecule has 3 nitrogen and oxygen atoms in total. The Morgan fingerprint density at radius 2 is 2.40 bits per heavy atom. The monoisotopic (exact) mass is 205 g/mol. The van der Waals surface area contributed by atoms with Gasteiger partial charge in [-0.25, -0.2) is 0 Å². The molecule has 0 aliphatic heterocycles. The van der Waals surface area contributed by atoms with Crippen LogP contribution in [-0.4, -0.2) is 12.3 Å². The lowest BCUT2D eigenvalue weighted by Crippen LogP contribution is -1.87. The summed E-state index contributed by atoms with van der Waals surface area (Å²) >= 11 is 3.31. The molecule has 4 heteroatoms. The molecule has 0 fully saturated rings. The van der Waals surface area contributed by atoms with E-state index < -0.39 is 0 Å². The lowest BCUT2D eigenvalue weighted by atomic mass is 10.4. The average Bonchev–Trinajstić information content (AvgIpc) is 2.20. The Morgan fingerprint density at radius 1 is 1.70 bits per heavy atom. The van der Waals surface area contributed by atoms with E-state index in [0.29, 0.717) is 6.61 Å². The molecule has 10 heavy (non-hydrogen) atoms. The minimum absolute atomic E-state index is 0.484. The molecular weight excluding hydrogens is 198 g/mol. The maximum absolute atomic E-state index is 4.87. The summed E-state index contributed by atoms with van der Waals surface area (Å²) in [7, 11) is 1.62. The van der Waals surface area contributed by atoms with Gasteiger partial charge in [0, 0.05) is 7.11 Å². The molecule has 0 bridgehead atoms. The predicted molar refractivity (Wildman–Crippen MR) is 39.7 cm³/mol. The summed E-state index contributed by atoms with van der Waals surface area (Å²) < 4.78 is 10.6. The predicted octanol–water partition coefficient (Wildman–Crippen LogP) is 1.89. The Bertz CT molecular complexity index is 222. The van der Waals surface area contributed by atoms with E-state index in [-0.39, 0.29) is 0 Å². The van der Waals surface area contributed by atoms with Gasteiger partial charge in [0.15, 0.2) is 0 Å². The fraction of sp³-hybridized carbons (Fsp3) is 0.500. The van der Waals surface area contributed by atoms with Crippen molar-refractivity contribution >= 4 is 15.9 Å². The molecule has 0 N–H and O–H groups in total. The number of methoxy groups -OCH3 is 1. The van der Waals surface area contributed by atoms with E-state index in [2.05, 4.69) is 21.1 Å². The van der Waals surface area contributed by atoms with Crippen molar-refractivity contribution in [1.82, 2.24) is 5.16 Å². The SMILES string of the molecule is COCc1noc(C)c1Br. The molecule has 1 heterocycles. The fourth-order valence-corrected chi connectivity index (χ4v) is 0.893. The van der Waals surface area contributed by atoms with Gasteiger partial charge in [0.2, 0.25) is 0 Å². The van der Waals surface area contributed by atoms with Gasteiger partial charge < -0.3 is 9.26 Å². The first-order chi connectivity index (χ1) is 4.75. The highest BCUT2D eigenvalue weighted by Crippen LogP contribution is 2.20. The van der Waals surface area contributed by atoms with Gasteiger partial charge in [-0.15, -0.1) is 0 Å². The normalized spacial score (nSPS) is 10.3. The molecule has 0 saturated carbocycles. The molecule has 0 aliphatic rings. The highest BCUT2D eigenvalue weighted by molar-refractivity contribution is 9.10. The maximum atomic E-state index is 4.87. The van der Waals surface area contributed by atoms with Crippen molar-refractivity contribution in [1.29, 1.82) is 0 Å². The quantitative estimate of drug-likeness (QED) is 0.741. The Hall–Kier alpha value is -0.350. The lowest BCUT2D eigenvalue weighted by molar-refractivity contribution is 0.176. The van der Waals surface area contributed by atoms with Crippen LogP contribution in [0.15, 0.2) is 9.00 Å². The second kappa shape index (κ2) is 3.16. The van der Waals surface area contributed by atoms with E-state index in [4.69, 9.17) is 9.26 Å². The molecule has 0 radical (unpaired) electrons. The van der Waals surface area contributed by atoms with E-state index in [0.717, 1.165) is 15.9 Å². The van der Waals surface area contributed by atoms with Gasteiger partial charge in [0.25, 0.3) is 0 Å². The van der Waals surface area contributed by atoms with Gasteiger partial charge >= 0.3 is 0 Å². The Balaban J connectivity index is 2.83. The van der Waals surface area contributed by atoms with E-state index in [1.54, 1.807) is 7.11 Å². The van der Waals surface area contributed by atoms with Gasteiger partial charge in [-0.05, 0) is 22.9 Å². The number of rotatable bonds is 2. The summed E-state index contributed by atoms with van der Waals surface area (Å²) in [6, 6.07) is 0. The number of hydrogen-bond acceptors (Lipinski definition) is 3. The van der Waals surface area contributed by atoms with Crippen LogP contribution in [0.25, 0.3) is 0 Å². The number of aryl methyl sites for hydroxylation is 1. The van der Waals surface area contributed by atoms with E-state index >= 15 is 0 Å². The largest absolute Gasteiger partial charge is 0.378 e. The van der Waals surface area contributed by atoms with Crippen molar-refractivity contribution in [2.75, 3.05) is 7.11 Å². The van der Waals surface area contributed by atoms with Crippen LogP contribution in [0.1, 0.15) is 11.5 Å². The molecule has 0 aromatic carbocycles. The minimum atomic E-state index is 0.484. The molecule has 1 aromatic rings. The van der Waals surface area contributed by atoms with Crippen molar-refractivity contribution in [2.24, 2.45) is 0 Å². The summed E-state index contributed by atoms with van der Waals surface area (Å²) in [5, 5.41) is 3.76. The average molecular weight is 206 g/mol. The Labute approximate surface area is 67.5 Å². The maximum Gasteiger partial charge on any atom is 0.148 e. The molecule has 1 aromatic heterocycles. The lowest BCUT2D eigenvalue weighted by Gasteiger charge is -1.90. The van der Waals surface area contributed by atoms with Gasteiger partial charge in [-0.2, -0.15) is 0 Å². The topological polar surface area (TPSA) is 35.3 Å². The first-order valence-corrected chi connectivity index (χ1v) is 3.64. The van der Waals surface area contributed by atoms with Crippen LogP contribution in [-0.2, 0) is 11.3 Å². The Kier molecular flexibility index (Phi) is 2.45. The van der Waals surface area contributed by atoms with Crippen molar-refractivity contribution in [3.05, 3.63) is 15.9 Å². The van der Waals surface area contributed by atoms with Gasteiger partial charge in [0.1, 0.15) is 11.5 Å². The van der Waals surface area contributed by atoms with E-state index in [1.165, 1.54) is 0 Å². The van der Waals surface area contributed by atoms with E-state index in [1.807, 2.05) is 6.92 Å². The van der Waals surface area contributed by atoms with Crippen LogP contribution in [0.2, 0.25) is 0 Å². The molecule has 0 amide bonds. The van der Waals surface area contributed by atoms with Crippen LogP contribution < -0.4 is 0 Å². The zero-order valence-electron chi connectivity index (χ0n) is 5.85. The second-order valence-corrected chi connectivity index (χ2v) is 2.73. The third-order valence-corrected chi connectivity index (χ3v) is 2.15. The number of halogens is 1. The van der Waals surface area contributed by atoms with Crippen LogP contribution >= 0.6 is 15.9 Å². The number of hydrogen-bond donors (Lipinski definition) is 0. The molecule has 0 atom stereocenters. The van der Waals surface area contributed by atoms with Gasteiger partial charge in [0.05, 0.1) is 11.1 Å². The highest BCUT2D eigenvalue weighted by atomic mass is 79.9. The van der Waals surface area contributed by atoms with Crippen molar-refractivity contribution < 1.29 is 9.26 Å². The first-order valence-electron chi connectivity index (χ1n) is 2.85. The molecule has 0 saturated heterocycles. The summed E-state index contributed by atoms with van der Waals surface area (Å²) in [5.41, 5.74) is 0.806. The molecule has 0 aliphatic carbocycles. The fourth-order valence-electron chi connectivity index (χ4n) is 0.633. The number of nitrogens with zero attached hydrogens (tertiary/aromatic N) is 1. The number of aromatic nitrogens is 1. The van der Waals surface area contributed by atoms with Crippen LogP contribution in [0, 0.1) is 6.92 Å². The Morgan fingerprint density at radius 3 is 2.80 bits per heavy atom. The summed E-state index contributed by atoms with van der Waals surface area (Å²) in [6.07, 6.45) is 0. The van der Waals surface area contributed by atoms with Crippen LogP contribution in [0.4, 0.5) is 0 Å². The zero-order valence-corrected chi connectivity index (χ0v) is 7.43. The van der Waals surface area contributed by atoms with Gasteiger partial charge in [-0.3, -0.25) is 0 Å². The third-order valence-electron chi connectivity index (χ3n) is 1.14.